The topological polar surface area (TPSA) is 96.5 Å². The molecule has 0 saturated heterocycles. The lowest BCUT2D eigenvalue weighted by molar-refractivity contribution is -0.160. The second-order valence-corrected chi connectivity index (χ2v) is 10.1. The molecule has 9 nitrogen and oxygen atoms in total. The number of hydrogen-bond acceptors (Lipinski definition) is 6. The number of benzene rings is 1. The summed E-state index contributed by atoms with van der Waals surface area (Å²) in [4.78, 5) is 55.3. The minimum absolute atomic E-state index is 0.0430. The summed E-state index contributed by atoms with van der Waals surface area (Å²) in [6.07, 6.45) is 1.05. The number of rotatable bonds is 12. The van der Waals surface area contributed by atoms with Crippen LogP contribution in [0.4, 0.5) is 0 Å². The molecule has 3 unspecified atom stereocenters. The van der Waals surface area contributed by atoms with E-state index in [1.54, 1.807) is 14.1 Å². The highest BCUT2D eigenvalue weighted by atomic mass is 16.5. The minimum atomic E-state index is -0.828. The van der Waals surface area contributed by atoms with E-state index >= 15 is 0 Å². The van der Waals surface area contributed by atoms with Crippen LogP contribution in [-0.4, -0.2) is 90.4 Å². The van der Waals surface area contributed by atoms with Gasteiger partial charge in [0.05, 0.1) is 12.1 Å². The fourth-order valence-corrected chi connectivity index (χ4v) is 4.41. The maximum atomic E-state index is 13.1. The number of nitrogens with zero attached hydrogens (tertiary/aromatic N) is 3. The third-order valence-electron chi connectivity index (χ3n) is 6.99. The van der Waals surface area contributed by atoms with Crippen LogP contribution in [0.1, 0.15) is 58.6 Å². The van der Waals surface area contributed by atoms with Crippen LogP contribution in [0.25, 0.3) is 0 Å². The van der Waals surface area contributed by atoms with Crippen LogP contribution in [0.15, 0.2) is 24.3 Å². The number of fused-ring (bicyclic) bond motifs is 1. The van der Waals surface area contributed by atoms with E-state index in [0.29, 0.717) is 32.4 Å². The number of likely N-dealkylation sites (N-methyl/N-ethyl adjacent to an activating group) is 2. The van der Waals surface area contributed by atoms with Gasteiger partial charge in [0.2, 0.25) is 11.8 Å². The van der Waals surface area contributed by atoms with Gasteiger partial charge < -0.3 is 24.2 Å². The molecular weight excluding hydrogens is 474 g/mol. The Morgan fingerprint density at radius 3 is 2.24 bits per heavy atom. The van der Waals surface area contributed by atoms with E-state index in [-0.39, 0.29) is 49.0 Å². The molecule has 0 radical (unpaired) electrons. The van der Waals surface area contributed by atoms with E-state index in [1.807, 2.05) is 57.7 Å². The van der Waals surface area contributed by atoms with Crippen LogP contribution >= 0.6 is 0 Å². The Balaban J connectivity index is 2.04. The molecule has 1 aliphatic rings. The SMILES string of the molecule is CCC(=O)N1Cc2ccccc2CC1C(C)OCC(=O)N(C)C(CC(C)C)C(=O)OCC(=O)N(C)CC. The average Bonchev–Trinajstić information content (AvgIpc) is 2.90. The van der Waals surface area contributed by atoms with Crippen LogP contribution in [0.5, 0.6) is 0 Å². The summed E-state index contributed by atoms with van der Waals surface area (Å²) in [6.45, 7) is 9.88. The zero-order valence-electron chi connectivity index (χ0n) is 23.4. The molecule has 9 heteroatoms. The number of ether oxygens (including phenoxy) is 2. The zero-order valence-corrected chi connectivity index (χ0v) is 23.4. The molecule has 206 valence electrons. The summed E-state index contributed by atoms with van der Waals surface area (Å²) >= 11 is 0. The zero-order chi connectivity index (χ0) is 27.7. The predicted molar refractivity (Wildman–Crippen MR) is 140 cm³/mol. The number of carbonyl (C=O) groups excluding carboxylic acids is 4. The Kier molecular flexibility index (Phi) is 11.6. The molecule has 0 N–H and O–H groups in total. The molecular formula is C28H43N3O6. The van der Waals surface area contributed by atoms with Crippen LogP contribution < -0.4 is 0 Å². The molecule has 0 saturated carbocycles. The van der Waals surface area contributed by atoms with Crippen LogP contribution in [0.2, 0.25) is 0 Å². The van der Waals surface area contributed by atoms with Gasteiger partial charge in [0.1, 0.15) is 12.6 Å². The fourth-order valence-electron chi connectivity index (χ4n) is 4.41. The maximum absolute atomic E-state index is 13.1. The van der Waals surface area contributed by atoms with Gasteiger partial charge in [-0.15, -0.1) is 0 Å². The lowest BCUT2D eigenvalue weighted by Gasteiger charge is -2.40. The van der Waals surface area contributed by atoms with Crippen LogP contribution in [0, 0.1) is 5.92 Å². The van der Waals surface area contributed by atoms with Crippen molar-refractivity contribution in [2.45, 2.75) is 78.6 Å². The molecule has 2 rings (SSSR count). The van der Waals surface area contributed by atoms with Gasteiger partial charge >= 0.3 is 5.97 Å². The first-order chi connectivity index (χ1) is 17.5. The van der Waals surface area contributed by atoms with Gasteiger partial charge in [-0.3, -0.25) is 14.4 Å². The Bertz CT molecular complexity index is 950. The van der Waals surface area contributed by atoms with Crippen molar-refractivity contribution >= 4 is 23.7 Å². The van der Waals surface area contributed by atoms with Crippen molar-refractivity contribution in [1.29, 1.82) is 0 Å². The standard InChI is InChI=1S/C28H43N3O6/c1-8-25(32)31-16-22-13-11-10-12-21(22)15-23(31)20(5)36-18-27(34)30(7)24(14-19(3)4)28(35)37-17-26(33)29(6)9-2/h10-13,19-20,23-24H,8-9,14-18H2,1-7H3. The second-order valence-electron chi connectivity index (χ2n) is 10.1. The summed E-state index contributed by atoms with van der Waals surface area (Å²) < 4.78 is 11.2. The average molecular weight is 518 g/mol. The number of esters is 1. The van der Waals surface area contributed by atoms with E-state index in [0.717, 1.165) is 5.56 Å². The van der Waals surface area contributed by atoms with Crippen LogP contribution in [0.3, 0.4) is 0 Å². The Morgan fingerprint density at radius 2 is 1.65 bits per heavy atom. The highest BCUT2D eigenvalue weighted by Crippen LogP contribution is 2.27. The van der Waals surface area contributed by atoms with Crippen molar-refractivity contribution in [1.82, 2.24) is 14.7 Å². The molecule has 3 amide bonds. The minimum Gasteiger partial charge on any atom is -0.454 e. The lowest BCUT2D eigenvalue weighted by Crippen LogP contribution is -2.51. The fraction of sp³-hybridized carbons (Fsp3) is 0.643. The first-order valence-electron chi connectivity index (χ1n) is 13.1. The Morgan fingerprint density at radius 1 is 1.00 bits per heavy atom. The second kappa shape index (κ2) is 14.1. The number of carbonyl (C=O) groups is 4. The summed E-state index contributed by atoms with van der Waals surface area (Å²) in [5.74, 6) is -1.11. The summed E-state index contributed by atoms with van der Waals surface area (Å²) in [6, 6.07) is 7.03. The first-order valence-corrected chi connectivity index (χ1v) is 13.1. The molecule has 1 aromatic carbocycles. The first kappa shape index (κ1) is 30.3. The van der Waals surface area contributed by atoms with Gasteiger partial charge in [-0.25, -0.2) is 4.79 Å². The van der Waals surface area contributed by atoms with E-state index in [4.69, 9.17) is 9.47 Å². The molecule has 0 aliphatic carbocycles. The van der Waals surface area contributed by atoms with Gasteiger partial charge in [0, 0.05) is 33.6 Å². The van der Waals surface area contributed by atoms with E-state index in [2.05, 4.69) is 6.07 Å². The van der Waals surface area contributed by atoms with Crippen molar-refractivity contribution in [2.24, 2.45) is 5.92 Å². The highest BCUT2D eigenvalue weighted by Gasteiger charge is 2.34. The van der Waals surface area contributed by atoms with E-state index in [9.17, 15) is 19.2 Å². The van der Waals surface area contributed by atoms with Crippen molar-refractivity contribution in [3.8, 4) is 0 Å². The Hall–Kier alpha value is -2.94. The largest absolute Gasteiger partial charge is 0.454 e. The summed E-state index contributed by atoms with van der Waals surface area (Å²) in [5, 5.41) is 0. The molecule has 1 heterocycles. The lowest BCUT2D eigenvalue weighted by atomic mass is 9.91. The molecule has 1 aliphatic heterocycles. The number of hydrogen-bond donors (Lipinski definition) is 0. The van der Waals surface area contributed by atoms with Crippen molar-refractivity contribution in [3.63, 3.8) is 0 Å². The highest BCUT2D eigenvalue weighted by molar-refractivity contribution is 5.86. The number of amides is 3. The monoisotopic (exact) mass is 517 g/mol. The van der Waals surface area contributed by atoms with Gasteiger partial charge in [-0.05, 0) is 43.7 Å². The predicted octanol–water partition coefficient (Wildman–Crippen LogP) is 2.65. The van der Waals surface area contributed by atoms with Gasteiger partial charge in [0.15, 0.2) is 6.61 Å². The van der Waals surface area contributed by atoms with Gasteiger partial charge in [0.25, 0.3) is 5.91 Å². The van der Waals surface area contributed by atoms with E-state index in [1.165, 1.54) is 15.4 Å². The molecule has 1 aromatic rings. The van der Waals surface area contributed by atoms with Gasteiger partial charge in [-0.1, -0.05) is 45.0 Å². The Labute approximate surface area is 221 Å². The maximum Gasteiger partial charge on any atom is 0.329 e. The molecule has 0 aromatic heterocycles. The van der Waals surface area contributed by atoms with E-state index < -0.39 is 12.0 Å². The summed E-state index contributed by atoms with van der Waals surface area (Å²) in [5.41, 5.74) is 2.30. The smallest absolute Gasteiger partial charge is 0.329 e. The molecule has 37 heavy (non-hydrogen) atoms. The van der Waals surface area contributed by atoms with Crippen molar-refractivity contribution < 1.29 is 28.7 Å². The normalized spacial score (nSPS) is 16.5. The van der Waals surface area contributed by atoms with Crippen molar-refractivity contribution in [3.05, 3.63) is 35.4 Å². The quantitative estimate of drug-likeness (QED) is 0.396. The van der Waals surface area contributed by atoms with Gasteiger partial charge in [-0.2, -0.15) is 0 Å². The molecule has 3 atom stereocenters. The van der Waals surface area contributed by atoms with Crippen molar-refractivity contribution in [2.75, 3.05) is 33.9 Å². The third kappa shape index (κ3) is 8.28. The van der Waals surface area contributed by atoms with Crippen LogP contribution in [-0.2, 0) is 41.6 Å². The molecule has 0 spiro atoms. The third-order valence-corrected chi connectivity index (χ3v) is 6.99. The molecule has 0 bridgehead atoms. The summed E-state index contributed by atoms with van der Waals surface area (Å²) in [7, 11) is 3.18. The molecule has 0 fully saturated rings.